The molecule has 3 aromatic rings. The summed E-state index contributed by atoms with van der Waals surface area (Å²) in [5.41, 5.74) is 4.24. The van der Waals surface area contributed by atoms with E-state index in [0.29, 0.717) is 17.4 Å². The molecule has 1 amide bonds. The van der Waals surface area contributed by atoms with Crippen molar-refractivity contribution in [3.05, 3.63) is 88.9 Å². The van der Waals surface area contributed by atoms with Gasteiger partial charge in [0.2, 0.25) is 0 Å². The highest BCUT2D eigenvalue weighted by molar-refractivity contribution is 6.30. The number of hydrazone groups is 1. The van der Waals surface area contributed by atoms with E-state index in [2.05, 4.69) is 10.5 Å². The first-order chi connectivity index (χ1) is 14.6. The largest absolute Gasteiger partial charge is 0.497 e. The van der Waals surface area contributed by atoms with E-state index in [1.165, 1.54) is 0 Å². The normalized spacial score (nSPS) is 10.6. The fraction of sp³-hybridized carbons (Fsp3) is 0.130. The minimum Gasteiger partial charge on any atom is -0.497 e. The Kier molecular flexibility index (Phi) is 7.69. The Morgan fingerprint density at radius 3 is 2.33 bits per heavy atom. The van der Waals surface area contributed by atoms with Crippen LogP contribution in [0.4, 0.5) is 0 Å². The summed E-state index contributed by atoms with van der Waals surface area (Å²) in [6.45, 7) is 0.290. The van der Waals surface area contributed by atoms with Crippen LogP contribution >= 0.6 is 11.6 Å². The number of rotatable bonds is 9. The van der Waals surface area contributed by atoms with Gasteiger partial charge >= 0.3 is 0 Å². The molecule has 0 saturated heterocycles. The second-order valence-corrected chi connectivity index (χ2v) is 6.68. The molecule has 0 bridgehead atoms. The lowest BCUT2D eigenvalue weighted by atomic mass is 10.2. The van der Waals surface area contributed by atoms with Crippen LogP contribution in [-0.2, 0) is 11.4 Å². The third-order valence-electron chi connectivity index (χ3n) is 4.01. The molecule has 3 aromatic carbocycles. The molecular formula is C23H21ClN2O4. The van der Waals surface area contributed by atoms with E-state index in [-0.39, 0.29) is 12.5 Å². The van der Waals surface area contributed by atoms with Gasteiger partial charge in [-0.05, 0) is 71.8 Å². The van der Waals surface area contributed by atoms with Crippen molar-refractivity contribution in [3.8, 4) is 17.2 Å². The maximum absolute atomic E-state index is 11.8. The number of carbonyl (C=O) groups is 1. The van der Waals surface area contributed by atoms with Crippen LogP contribution < -0.4 is 19.6 Å². The van der Waals surface area contributed by atoms with Crippen LogP contribution in [0.2, 0.25) is 5.02 Å². The second kappa shape index (κ2) is 10.9. The molecule has 0 unspecified atom stereocenters. The highest BCUT2D eigenvalue weighted by Crippen LogP contribution is 2.17. The molecule has 0 aliphatic carbocycles. The van der Waals surface area contributed by atoms with E-state index < -0.39 is 0 Å². The zero-order valence-corrected chi connectivity index (χ0v) is 17.1. The van der Waals surface area contributed by atoms with Gasteiger partial charge in [0.1, 0.15) is 23.9 Å². The summed E-state index contributed by atoms with van der Waals surface area (Å²) in [4.78, 5) is 11.8. The lowest BCUT2D eigenvalue weighted by Crippen LogP contribution is -2.24. The second-order valence-electron chi connectivity index (χ2n) is 6.25. The van der Waals surface area contributed by atoms with Crippen molar-refractivity contribution in [2.75, 3.05) is 13.7 Å². The lowest BCUT2D eigenvalue weighted by Gasteiger charge is -2.07. The van der Waals surface area contributed by atoms with Crippen molar-refractivity contribution in [1.29, 1.82) is 0 Å². The zero-order valence-electron chi connectivity index (χ0n) is 16.4. The van der Waals surface area contributed by atoms with Crippen LogP contribution in [0.15, 0.2) is 77.9 Å². The van der Waals surface area contributed by atoms with Crippen LogP contribution in [0.1, 0.15) is 11.1 Å². The predicted octanol–water partition coefficient (Wildman–Crippen LogP) is 4.46. The van der Waals surface area contributed by atoms with Gasteiger partial charge in [-0.3, -0.25) is 4.79 Å². The van der Waals surface area contributed by atoms with Crippen LogP contribution in [-0.4, -0.2) is 25.8 Å². The smallest absolute Gasteiger partial charge is 0.277 e. The summed E-state index contributed by atoms with van der Waals surface area (Å²) < 4.78 is 16.2. The number of benzene rings is 3. The van der Waals surface area contributed by atoms with Crippen molar-refractivity contribution in [1.82, 2.24) is 5.43 Å². The maximum Gasteiger partial charge on any atom is 0.277 e. The first kappa shape index (κ1) is 21.2. The highest BCUT2D eigenvalue weighted by Gasteiger charge is 2.02. The van der Waals surface area contributed by atoms with Gasteiger partial charge in [-0.2, -0.15) is 5.10 Å². The summed E-state index contributed by atoms with van der Waals surface area (Å²) in [6, 6.07) is 21.9. The van der Waals surface area contributed by atoms with E-state index in [0.717, 1.165) is 22.6 Å². The molecule has 1 N–H and O–H groups in total. The number of methoxy groups -OCH3 is 1. The van der Waals surface area contributed by atoms with Crippen LogP contribution in [0.25, 0.3) is 0 Å². The van der Waals surface area contributed by atoms with Gasteiger partial charge < -0.3 is 14.2 Å². The molecule has 30 heavy (non-hydrogen) atoms. The minimum absolute atomic E-state index is 0.139. The lowest BCUT2D eigenvalue weighted by molar-refractivity contribution is -0.123. The molecule has 7 heteroatoms. The van der Waals surface area contributed by atoms with Crippen molar-refractivity contribution in [2.45, 2.75) is 6.61 Å². The number of carbonyl (C=O) groups excluding carboxylic acids is 1. The Labute approximate surface area is 180 Å². The molecule has 0 spiro atoms. The monoisotopic (exact) mass is 424 g/mol. The molecule has 0 aromatic heterocycles. The predicted molar refractivity (Wildman–Crippen MR) is 116 cm³/mol. The summed E-state index contributed by atoms with van der Waals surface area (Å²) in [7, 11) is 1.59. The number of ether oxygens (including phenoxy) is 3. The molecular weight excluding hydrogens is 404 g/mol. The molecule has 6 nitrogen and oxygen atoms in total. The molecule has 0 atom stereocenters. The van der Waals surface area contributed by atoms with Gasteiger partial charge in [-0.25, -0.2) is 5.43 Å². The van der Waals surface area contributed by atoms with Gasteiger partial charge in [-0.1, -0.05) is 23.7 Å². The Morgan fingerprint density at radius 2 is 1.63 bits per heavy atom. The Bertz CT molecular complexity index is 989. The Morgan fingerprint density at radius 1 is 0.967 bits per heavy atom. The standard InChI is InChI=1S/C23H21ClN2O4/c1-28-20-9-11-22(12-10-20)30-16-23(27)26-25-14-17-5-7-21(8-6-17)29-15-18-3-2-4-19(24)13-18/h2-14H,15-16H2,1H3,(H,26,27)/b25-14-. The van der Waals surface area contributed by atoms with Gasteiger partial charge in [0, 0.05) is 5.02 Å². The molecule has 3 rings (SSSR count). The van der Waals surface area contributed by atoms with Crippen molar-refractivity contribution < 1.29 is 19.0 Å². The molecule has 0 aliphatic rings. The van der Waals surface area contributed by atoms with E-state index in [1.807, 2.05) is 48.5 Å². The van der Waals surface area contributed by atoms with Gasteiger partial charge in [0.15, 0.2) is 6.61 Å². The van der Waals surface area contributed by atoms with Crippen molar-refractivity contribution in [3.63, 3.8) is 0 Å². The van der Waals surface area contributed by atoms with Gasteiger partial charge in [0.25, 0.3) is 5.91 Å². The highest BCUT2D eigenvalue weighted by atomic mass is 35.5. The van der Waals surface area contributed by atoms with Crippen LogP contribution in [0.5, 0.6) is 17.2 Å². The summed E-state index contributed by atoms with van der Waals surface area (Å²) in [5.74, 6) is 1.66. The average molecular weight is 425 g/mol. The molecule has 0 heterocycles. The quantitative estimate of drug-likeness (QED) is 0.407. The first-order valence-electron chi connectivity index (χ1n) is 9.18. The van der Waals surface area contributed by atoms with Gasteiger partial charge in [0.05, 0.1) is 13.3 Å². The van der Waals surface area contributed by atoms with Crippen molar-refractivity contribution in [2.24, 2.45) is 5.10 Å². The molecule has 0 aliphatic heterocycles. The Balaban J connectivity index is 1.41. The van der Waals surface area contributed by atoms with Crippen LogP contribution in [0, 0.1) is 0 Å². The van der Waals surface area contributed by atoms with E-state index in [4.69, 9.17) is 25.8 Å². The number of nitrogens with zero attached hydrogens (tertiary/aromatic N) is 1. The number of halogens is 1. The average Bonchev–Trinajstić information content (AvgIpc) is 2.77. The molecule has 154 valence electrons. The number of hydrogen-bond donors (Lipinski definition) is 1. The zero-order chi connectivity index (χ0) is 21.2. The fourth-order valence-electron chi connectivity index (χ4n) is 2.48. The fourth-order valence-corrected chi connectivity index (χ4v) is 2.69. The summed E-state index contributed by atoms with van der Waals surface area (Å²) in [6.07, 6.45) is 1.55. The number of hydrogen-bond acceptors (Lipinski definition) is 5. The minimum atomic E-state index is -0.358. The maximum atomic E-state index is 11.8. The molecule has 0 fully saturated rings. The SMILES string of the molecule is COc1ccc(OCC(=O)N/N=C\c2ccc(OCc3cccc(Cl)c3)cc2)cc1. The van der Waals surface area contributed by atoms with E-state index in [9.17, 15) is 4.79 Å². The van der Waals surface area contributed by atoms with E-state index in [1.54, 1.807) is 37.6 Å². The Hall–Kier alpha value is -3.51. The molecule has 0 radical (unpaired) electrons. The summed E-state index contributed by atoms with van der Waals surface area (Å²) in [5, 5.41) is 4.61. The van der Waals surface area contributed by atoms with Crippen molar-refractivity contribution >= 4 is 23.7 Å². The first-order valence-corrected chi connectivity index (χ1v) is 9.56. The third kappa shape index (κ3) is 6.83. The third-order valence-corrected chi connectivity index (χ3v) is 4.24. The number of amides is 1. The number of nitrogens with one attached hydrogen (secondary N) is 1. The van der Waals surface area contributed by atoms with Crippen LogP contribution in [0.3, 0.4) is 0 Å². The van der Waals surface area contributed by atoms with Gasteiger partial charge in [-0.15, -0.1) is 0 Å². The molecule has 0 saturated carbocycles. The van der Waals surface area contributed by atoms with E-state index >= 15 is 0 Å². The topological polar surface area (TPSA) is 69.2 Å². The summed E-state index contributed by atoms with van der Waals surface area (Å²) >= 11 is 5.97.